The number of hydrogen-bond donors (Lipinski definition) is 1. The van der Waals surface area contributed by atoms with Crippen LogP contribution in [0.1, 0.15) is 23.4 Å². The van der Waals surface area contributed by atoms with Crippen molar-refractivity contribution in [3.63, 3.8) is 0 Å². The monoisotopic (exact) mass is 302 g/mol. The molecule has 1 unspecified atom stereocenters. The lowest BCUT2D eigenvalue weighted by Crippen LogP contribution is -2.45. The van der Waals surface area contributed by atoms with Gasteiger partial charge in [-0.3, -0.25) is 4.79 Å². The first-order valence-corrected chi connectivity index (χ1v) is 7.22. The van der Waals surface area contributed by atoms with E-state index in [1.807, 2.05) is 0 Å². The number of rotatable bonds is 4. The van der Waals surface area contributed by atoms with Gasteiger partial charge >= 0.3 is 0 Å². The van der Waals surface area contributed by atoms with Crippen LogP contribution in [0.25, 0.3) is 0 Å². The van der Waals surface area contributed by atoms with Gasteiger partial charge in [-0.05, 0) is 25.0 Å². The van der Waals surface area contributed by atoms with Gasteiger partial charge in [-0.1, -0.05) is 0 Å². The Morgan fingerprint density at radius 1 is 1.45 bits per heavy atom. The summed E-state index contributed by atoms with van der Waals surface area (Å²) >= 11 is 0. The van der Waals surface area contributed by atoms with Gasteiger partial charge in [-0.15, -0.1) is 0 Å². The second kappa shape index (κ2) is 6.46. The van der Waals surface area contributed by atoms with Crippen LogP contribution in [0, 0.1) is 0 Å². The van der Waals surface area contributed by atoms with Gasteiger partial charge in [-0.25, -0.2) is 9.97 Å². The Morgan fingerprint density at radius 2 is 2.32 bits per heavy atom. The summed E-state index contributed by atoms with van der Waals surface area (Å²) in [4.78, 5) is 22.5. The van der Waals surface area contributed by atoms with Gasteiger partial charge in [-0.2, -0.15) is 0 Å². The van der Waals surface area contributed by atoms with Gasteiger partial charge in [0, 0.05) is 31.5 Å². The highest BCUT2D eigenvalue weighted by atomic mass is 16.5. The van der Waals surface area contributed by atoms with Crippen molar-refractivity contribution in [3.8, 4) is 5.88 Å². The van der Waals surface area contributed by atoms with Crippen LogP contribution in [-0.4, -0.2) is 47.0 Å². The predicted molar refractivity (Wildman–Crippen MR) is 79.8 cm³/mol. The summed E-state index contributed by atoms with van der Waals surface area (Å²) in [5.74, 6) is 1.35. The van der Waals surface area contributed by atoms with Crippen LogP contribution >= 0.6 is 0 Å². The van der Waals surface area contributed by atoms with Crippen LogP contribution in [0.4, 0.5) is 5.82 Å². The molecule has 0 aromatic carbocycles. The minimum Gasteiger partial charge on any atom is -0.478 e. The summed E-state index contributed by atoms with van der Waals surface area (Å²) < 4.78 is 10.4. The van der Waals surface area contributed by atoms with Gasteiger partial charge in [0.2, 0.25) is 0 Å². The number of carbonyl (C=O) groups excluding carboxylic acids is 1. The molecule has 1 atom stereocenters. The smallest absolute Gasteiger partial charge is 0.289 e. The molecule has 1 aliphatic rings. The molecular formula is C15H18N4O3. The minimum atomic E-state index is -0.0809. The van der Waals surface area contributed by atoms with E-state index in [-0.39, 0.29) is 11.9 Å². The average Bonchev–Trinajstić information content (AvgIpc) is 3.09. The number of anilines is 1. The number of ether oxygens (including phenoxy) is 1. The second-order valence-corrected chi connectivity index (χ2v) is 5.13. The lowest BCUT2D eigenvalue weighted by molar-refractivity contribution is 0.0682. The fourth-order valence-electron chi connectivity index (χ4n) is 2.60. The van der Waals surface area contributed by atoms with Crippen LogP contribution in [-0.2, 0) is 0 Å². The van der Waals surface area contributed by atoms with E-state index in [0.29, 0.717) is 24.0 Å². The molecule has 0 radical (unpaired) electrons. The first kappa shape index (κ1) is 14.4. The molecule has 1 fully saturated rings. The van der Waals surface area contributed by atoms with E-state index in [1.54, 1.807) is 36.5 Å². The normalized spacial score (nSPS) is 18.0. The third kappa shape index (κ3) is 3.03. The number of nitrogens with one attached hydrogen (secondary N) is 1. The van der Waals surface area contributed by atoms with Gasteiger partial charge in [0.15, 0.2) is 11.6 Å². The molecule has 2 aromatic heterocycles. The Hall–Kier alpha value is -2.57. The highest BCUT2D eigenvalue weighted by Crippen LogP contribution is 2.21. The molecule has 1 saturated heterocycles. The largest absolute Gasteiger partial charge is 0.478 e. The van der Waals surface area contributed by atoms with Crippen molar-refractivity contribution in [2.75, 3.05) is 25.5 Å². The molecule has 0 spiro atoms. The number of likely N-dealkylation sites (tertiary alicyclic amines) is 1. The molecule has 7 nitrogen and oxygen atoms in total. The van der Waals surface area contributed by atoms with Crippen molar-refractivity contribution in [3.05, 3.63) is 36.5 Å². The van der Waals surface area contributed by atoms with Gasteiger partial charge < -0.3 is 19.4 Å². The topological polar surface area (TPSA) is 80.5 Å². The molecule has 116 valence electrons. The maximum atomic E-state index is 12.3. The van der Waals surface area contributed by atoms with Gasteiger partial charge in [0.25, 0.3) is 11.8 Å². The molecular weight excluding hydrogens is 284 g/mol. The van der Waals surface area contributed by atoms with Crippen LogP contribution in [0.5, 0.6) is 5.88 Å². The summed E-state index contributed by atoms with van der Waals surface area (Å²) in [5, 5.41) is 3.31. The minimum absolute atomic E-state index is 0.0809. The third-order valence-electron chi connectivity index (χ3n) is 3.64. The number of amides is 1. The summed E-state index contributed by atoms with van der Waals surface area (Å²) in [6.07, 6.45) is 6.59. The summed E-state index contributed by atoms with van der Waals surface area (Å²) in [6.45, 7) is 1.33. The standard InChI is InChI=1S/C15H18N4O3/c1-21-14-13(16-6-7-17-14)18-11-4-2-8-19(10-11)15(20)12-5-3-9-22-12/h3,5-7,9,11H,2,4,8,10H2,1H3,(H,16,18). The molecule has 0 saturated carbocycles. The maximum absolute atomic E-state index is 12.3. The van der Waals surface area contributed by atoms with Crippen molar-refractivity contribution >= 4 is 11.7 Å². The first-order chi connectivity index (χ1) is 10.8. The van der Waals surface area contributed by atoms with E-state index >= 15 is 0 Å². The SMILES string of the molecule is COc1nccnc1NC1CCCN(C(=O)c2ccco2)C1. The molecule has 1 N–H and O–H groups in total. The van der Waals surface area contributed by atoms with Crippen LogP contribution in [0.3, 0.4) is 0 Å². The van der Waals surface area contributed by atoms with Crippen molar-refractivity contribution in [1.29, 1.82) is 0 Å². The number of hydrogen-bond acceptors (Lipinski definition) is 6. The number of nitrogens with zero attached hydrogens (tertiary/aromatic N) is 3. The van der Waals surface area contributed by atoms with E-state index in [4.69, 9.17) is 9.15 Å². The Morgan fingerprint density at radius 3 is 3.09 bits per heavy atom. The number of aromatic nitrogens is 2. The summed E-state index contributed by atoms with van der Waals surface area (Å²) in [5.41, 5.74) is 0. The molecule has 3 heterocycles. The van der Waals surface area contributed by atoms with Crippen molar-refractivity contribution in [1.82, 2.24) is 14.9 Å². The molecule has 1 aliphatic heterocycles. The number of carbonyl (C=O) groups is 1. The van der Waals surface area contributed by atoms with Crippen LogP contribution in [0.2, 0.25) is 0 Å². The number of furan rings is 1. The fourth-order valence-corrected chi connectivity index (χ4v) is 2.60. The first-order valence-electron chi connectivity index (χ1n) is 7.22. The lowest BCUT2D eigenvalue weighted by Gasteiger charge is -2.33. The van der Waals surface area contributed by atoms with Crippen molar-refractivity contribution < 1.29 is 13.9 Å². The van der Waals surface area contributed by atoms with Crippen molar-refractivity contribution in [2.45, 2.75) is 18.9 Å². The third-order valence-corrected chi connectivity index (χ3v) is 3.64. The highest BCUT2D eigenvalue weighted by Gasteiger charge is 2.26. The highest BCUT2D eigenvalue weighted by molar-refractivity contribution is 5.91. The quantitative estimate of drug-likeness (QED) is 0.927. The Balaban J connectivity index is 1.67. The van der Waals surface area contributed by atoms with Gasteiger partial charge in [0.1, 0.15) is 0 Å². The number of piperidine rings is 1. The van der Waals surface area contributed by atoms with E-state index in [0.717, 1.165) is 19.4 Å². The van der Waals surface area contributed by atoms with Crippen molar-refractivity contribution in [2.24, 2.45) is 0 Å². The molecule has 22 heavy (non-hydrogen) atoms. The Bertz CT molecular complexity index is 629. The zero-order valence-corrected chi connectivity index (χ0v) is 12.4. The fraction of sp³-hybridized carbons (Fsp3) is 0.400. The molecule has 7 heteroatoms. The summed E-state index contributed by atoms with van der Waals surface area (Å²) in [6, 6.07) is 3.51. The number of methoxy groups -OCH3 is 1. The molecule has 3 rings (SSSR count). The van der Waals surface area contributed by atoms with E-state index < -0.39 is 0 Å². The van der Waals surface area contributed by atoms with E-state index in [2.05, 4.69) is 15.3 Å². The Kier molecular flexibility index (Phi) is 4.22. The predicted octanol–water partition coefficient (Wildman–Crippen LogP) is 1.79. The van der Waals surface area contributed by atoms with E-state index in [1.165, 1.54) is 6.26 Å². The summed E-state index contributed by atoms with van der Waals surface area (Å²) in [7, 11) is 1.56. The van der Waals surface area contributed by atoms with E-state index in [9.17, 15) is 4.79 Å². The molecule has 0 bridgehead atoms. The zero-order valence-electron chi connectivity index (χ0n) is 12.4. The van der Waals surface area contributed by atoms with Crippen LogP contribution < -0.4 is 10.1 Å². The van der Waals surface area contributed by atoms with Gasteiger partial charge in [0.05, 0.1) is 13.4 Å². The second-order valence-electron chi connectivity index (χ2n) is 5.13. The van der Waals surface area contributed by atoms with Crippen LogP contribution in [0.15, 0.2) is 35.2 Å². The zero-order chi connectivity index (χ0) is 15.4. The maximum Gasteiger partial charge on any atom is 0.289 e. The Labute approximate surface area is 128 Å². The average molecular weight is 302 g/mol. The molecule has 1 amide bonds. The molecule has 0 aliphatic carbocycles. The molecule has 2 aromatic rings. The lowest BCUT2D eigenvalue weighted by atomic mass is 10.1.